The molecule has 0 saturated heterocycles. The maximum Gasteiger partial charge on any atom is 0.282 e. The topological polar surface area (TPSA) is 92.5 Å². The summed E-state index contributed by atoms with van der Waals surface area (Å²) in [5, 5.41) is 23.1. The van der Waals surface area contributed by atoms with Crippen LogP contribution in [0.4, 0.5) is 10.1 Å². The van der Waals surface area contributed by atoms with E-state index in [4.69, 9.17) is 11.6 Å². The summed E-state index contributed by atoms with van der Waals surface area (Å²) in [6.07, 6.45) is -1.17. The first-order valence-corrected chi connectivity index (χ1v) is 6.92. The second kappa shape index (κ2) is 7.17. The number of nitrogens with one attached hydrogen (secondary N) is 1. The third-order valence-corrected chi connectivity index (χ3v) is 3.44. The first-order valence-electron chi connectivity index (χ1n) is 6.54. The molecule has 0 bridgehead atoms. The summed E-state index contributed by atoms with van der Waals surface area (Å²) < 4.78 is 13.3. The normalized spacial score (nSPS) is 11.8. The summed E-state index contributed by atoms with van der Waals surface area (Å²) in [6.45, 7) is -0.230. The van der Waals surface area contributed by atoms with Gasteiger partial charge in [0.05, 0.1) is 16.0 Å². The number of carbonyl (C=O) groups excluding carboxylic acids is 1. The van der Waals surface area contributed by atoms with Crippen molar-refractivity contribution in [1.29, 1.82) is 0 Å². The number of amides is 1. The van der Waals surface area contributed by atoms with E-state index < -0.39 is 22.8 Å². The molecule has 0 spiro atoms. The highest BCUT2D eigenvalue weighted by Gasteiger charge is 2.20. The van der Waals surface area contributed by atoms with E-state index in [1.807, 2.05) is 0 Å². The number of aliphatic hydroxyl groups excluding tert-OH is 1. The first-order chi connectivity index (χ1) is 10.9. The van der Waals surface area contributed by atoms with Gasteiger partial charge < -0.3 is 10.4 Å². The van der Waals surface area contributed by atoms with Gasteiger partial charge in [0.1, 0.15) is 11.4 Å². The van der Waals surface area contributed by atoms with Crippen molar-refractivity contribution in [3.63, 3.8) is 0 Å². The molecule has 2 rings (SSSR count). The number of nitro benzene ring substituents is 1. The number of aliphatic hydroxyl groups is 1. The van der Waals surface area contributed by atoms with Crippen molar-refractivity contribution in [3.8, 4) is 0 Å². The number of hydrogen-bond acceptors (Lipinski definition) is 4. The highest BCUT2D eigenvalue weighted by atomic mass is 35.5. The van der Waals surface area contributed by atoms with Gasteiger partial charge in [-0.05, 0) is 23.8 Å². The van der Waals surface area contributed by atoms with E-state index in [1.54, 1.807) is 0 Å². The lowest BCUT2D eigenvalue weighted by atomic mass is 10.1. The molecule has 0 saturated carbocycles. The summed E-state index contributed by atoms with van der Waals surface area (Å²) in [5.41, 5.74) is -0.223. The Balaban J connectivity index is 2.07. The van der Waals surface area contributed by atoms with Gasteiger partial charge in [-0.1, -0.05) is 29.8 Å². The Morgan fingerprint density at radius 1 is 1.35 bits per heavy atom. The molecule has 0 heterocycles. The monoisotopic (exact) mass is 338 g/mol. The van der Waals surface area contributed by atoms with Gasteiger partial charge in [0.15, 0.2) is 0 Å². The van der Waals surface area contributed by atoms with Crippen LogP contribution in [0.2, 0.25) is 5.02 Å². The molecule has 8 heteroatoms. The summed E-state index contributed by atoms with van der Waals surface area (Å²) >= 11 is 5.55. The highest BCUT2D eigenvalue weighted by Crippen LogP contribution is 2.21. The van der Waals surface area contributed by atoms with Crippen LogP contribution < -0.4 is 5.32 Å². The third-order valence-electron chi connectivity index (χ3n) is 3.13. The molecule has 2 aromatic rings. The molecule has 120 valence electrons. The molecular weight excluding hydrogens is 327 g/mol. The molecule has 0 aromatic heterocycles. The highest BCUT2D eigenvalue weighted by molar-refractivity contribution is 6.30. The number of nitro groups is 1. The largest absolute Gasteiger partial charge is 0.387 e. The van der Waals surface area contributed by atoms with E-state index in [-0.39, 0.29) is 28.4 Å². The van der Waals surface area contributed by atoms with Gasteiger partial charge in [-0.2, -0.15) is 0 Å². The van der Waals surface area contributed by atoms with Gasteiger partial charge in [0.25, 0.3) is 11.6 Å². The predicted molar refractivity (Wildman–Crippen MR) is 81.8 cm³/mol. The Bertz CT molecular complexity index is 754. The van der Waals surface area contributed by atoms with Crippen molar-refractivity contribution in [2.24, 2.45) is 0 Å². The fourth-order valence-corrected chi connectivity index (χ4v) is 2.06. The first kappa shape index (κ1) is 16.9. The number of para-hydroxylation sites is 1. The lowest BCUT2D eigenvalue weighted by Gasteiger charge is -2.13. The molecule has 0 radical (unpaired) electrons. The average Bonchev–Trinajstić information content (AvgIpc) is 2.54. The number of rotatable bonds is 5. The minimum atomic E-state index is -1.17. The zero-order chi connectivity index (χ0) is 17.0. The number of halogens is 2. The van der Waals surface area contributed by atoms with Gasteiger partial charge in [0, 0.05) is 12.6 Å². The maximum atomic E-state index is 13.3. The molecule has 23 heavy (non-hydrogen) atoms. The minimum absolute atomic E-state index is 0.0788. The second-order valence-electron chi connectivity index (χ2n) is 4.67. The van der Waals surface area contributed by atoms with Crippen LogP contribution in [0.15, 0.2) is 42.5 Å². The quantitative estimate of drug-likeness (QED) is 0.647. The summed E-state index contributed by atoms with van der Waals surface area (Å²) in [7, 11) is 0. The fraction of sp³-hybridized carbons (Fsp3) is 0.133. The van der Waals surface area contributed by atoms with Crippen LogP contribution >= 0.6 is 11.6 Å². The van der Waals surface area contributed by atoms with Crippen LogP contribution in [-0.2, 0) is 0 Å². The molecular formula is C15H12ClFN2O4. The molecule has 0 fully saturated rings. The van der Waals surface area contributed by atoms with Crippen LogP contribution in [0.5, 0.6) is 0 Å². The van der Waals surface area contributed by atoms with Crippen molar-refractivity contribution < 1.29 is 19.2 Å². The summed E-state index contributed by atoms with van der Waals surface area (Å²) in [4.78, 5) is 22.2. The molecule has 1 amide bonds. The van der Waals surface area contributed by atoms with Crippen molar-refractivity contribution in [3.05, 3.63) is 74.5 Å². The number of benzene rings is 2. The second-order valence-corrected chi connectivity index (χ2v) is 5.08. The Hall–Kier alpha value is -2.51. The third kappa shape index (κ3) is 4.02. The number of hydrogen-bond donors (Lipinski definition) is 2. The molecule has 0 aliphatic rings. The van der Waals surface area contributed by atoms with E-state index in [0.29, 0.717) is 0 Å². The molecule has 1 unspecified atom stereocenters. The van der Waals surface area contributed by atoms with E-state index in [1.165, 1.54) is 36.4 Å². The van der Waals surface area contributed by atoms with Crippen molar-refractivity contribution in [2.75, 3.05) is 6.54 Å². The molecule has 6 nitrogen and oxygen atoms in total. The Morgan fingerprint density at radius 3 is 2.70 bits per heavy atom. The lowest BCUT2D eigenvalue weighted by molar-refractivity contribution is -0.385. The fourth-order valence-electron chi connectivity index (χ4n) is 1.95. The lowest BCUT2D eigenvalue weighted by Crippen LogP contribution is -2.29. The number of carbonyl (C=O) groups is 1. The zero-order valence-corrected chi connectivity index (χ0v) is 12.5. The van der Waals surface area contributed by atoms with Crippen LogP contribution in [0.3, 0.4) is 0 Å². The van der Waals surface area contributed by atoms with Gasteiger partial charge in [-0.25, -0.2) is 4.39 Å². The molecule has 2 N–H and O–H groups in total. The smallest absolute Gasteiger partial charge is 0.282 e. The van der Waals surface area contributed by atoms with E-state index in [0.717, 1.165) is 6.07 Å². The average molecular weight is 339 g/mol. The molecule has 1 atom stereocenters. The maximum absolute atomic E-state index is 13.3. The SMILES string of the molecule is O=C(NCC(O)c1ccc(Cl)c(F)c1)c1ccccc1[N+](=O)[O-]. The predicted octanol–water partition coefficient (Wildman–Crippen LogP) is 2.85. The molecule has 2 aromatic carbocycles. The van der Waals surface area contributed by atoms with Crippen LogP contribution in [0.1, 0.15) is 22.0 Å². The number of nitrogens with zero attached hydrogens (tertiary/aromatic N) is 1. The van der Waals surface area contributed by atoms with Crippen LogP contribution in [0.25, 0.3) is 0 Å². The summed E-state index contributed by atoms with van der Waals surface area (Å²) in [5.74, 6) is -1.39. The minimum Gasteiger partial charge on any atom is -0.387 e. The van der Waals surface area contributed by atoms with Crippen LogP contribution in [-0.4, -0.2) is 22.5 Å². The van der Waals surface area contributed by atoms with E-state index in [9.17, 15) is 24.4 Å². The summed E-state index contributed by atoms with van der Waals surface area (Å²) in [6, 6.07) is 9.23. The van der Waals surface area contributed by atoms with E-state index in [2.05, 4.69) is 5.32 Å². The molecule has 0 aliphatic heterocycles. The Morgan fingerprint density at radius 2 is 2.04 bits per heavy atom. The van der Waals surface area contributed by atoms with Gasteiger partial charge >= 0.3 is 0 Å². The van der Waals surface area contributed by atoms with Crippen molar-refractivity contribution in [1.82, 2.24) is 5.32 Å². The van der Waals surface area contributed by atoms with Crippen molar-refractivity contribution >= 4 is 23.2 Å². The standard InChI is InChI=1S/C15H12ClFN2O4/c16-11-6-5-9(7-12(11)17)14(20)8-18-15(21)10-3-1-2-4-13(10)19(22)23/h1-7,14,20H,8H2,(H,18,21). The Labute approximate surface area is 135 Å². The van der Waals surface area contributed by atoms with Crippen molar-refractivity contribution in [2.45, 2.75) is 6.10 Å². The Kier molecular flexibility index (Phi) is 5.25. The van der Waals surface area contributed by atoms with Gasteiger partial charge in [-0.15, -0.1) is 0 Å². The van der Waals surface area contributed by atoms with E-state index >= 15 is 0 Å². The molecule has 0 aliphatic carbocycles. The van der Waals surface area contributed by atoms with Gasteiger partial charge in [-0.3, -0.25) is 14.9 Å². The zero-order valence-electron chi connectivity index (χ0n) is 11.7. The van der Waals surface area contributed by atoms with Gasteiger partial charge in [0.2, 0.25) is 0 Å². The van der Waals surface area contributed by atoms with Crippen LogP contribution in [0, 0.1) is 15.9 Å².